The normalized spacial score (nSPS) is 15.1. The number of benzene rings is 2. The van der Waals surface area contributed by atoms with Gasteiger partial charge in [0, 0.05) is 33.7 Å². The van der Waals surface area contributed by atoms with Gasteiger partial charge >= 0.3 is 0 Å². The summed E-state index contributed by atoms with van der Waals surface area (Å²) in [4.78, 5) is 37.4. The molecule has 0 aromatic heterocycles. The zero-order chi connectivity index (χ0) is 19.2. The van der Waals surface area contributed by atoms with E-state index in [1.165, 1.54) is 50.2 Å². The summed E-state index contributed by atoms with van der Waals surface area (Å²) in [7, 11) is 0. The number of halogens is 2. The number of aliphatic hydroxyl groups is 1. The first-order valence-corrected chi connectivity index (χ1v) is 8.36. The summed E-state index contributed by atoms with van der Waals surface area (Å²) in [5.41, 5.74) is 1.11. The van der Waals surface area contributed by atoms with Gasteiger partial charge in [-0.25, -0.2) is 4.90 Å². The summed E-state index contributed by atoms with van der Waals surface area (Å²) in [6.45, 7) is 2.64. The SMILES string of the molecule is CC(=O)c1ccc2c(c1)C(=C(O)c1cc(Cl)cc(Cl)c1)C(=O)N2C(C)=O. The summed E-state index contributed by atoms with van der Waals surface area (Å²) in [6, 6.07) is 8.92. The lowest BCUT2D eigenvalue weighted by Crippen LogP contribution is -2.31. The van der Waals surface area contributed by atoms with E-state index in [0.29, 0.717) is 16.8 Å². The summed E-state index contributed by atoms with van der Waals surface area (Å²) in [5, 5.41) is 11.3. The molecule has 0 fully saturated rings. The van der Waals surface area contributed by atoms with E-state index in [9.17, 15) is 19.5 Å². The van der Waals surface area contributed by atoms with Crippen LogP contribution in [0.15, 0.2) is 36.4 Å². The monoisotopic (exact) mass is 389 g/mol. The molecule has 132 valence electrons. The Morgan fingerprint density at radius 2 is 1.58 bits per heavy atom. The minimum atomic E-state index is -0.679. The van der Waals surface area contributed by atoms with Crippen LogP contribution in [0.4, 0.5) is 5.69 Å². The van der Waals surface area contributed by atoms with E-state index in [1.54, 1.807) is 0 Å². The van der Waals surface area contributed by atoms with Crippen molar-refractivity contribution in [3.05, 3.63) is 63.1 Å². The number of fused-ring (bicyclic) bond motifs is 1. The standard InChI is InChI=1S/C19H13Cl2NO4/c1-9(23)11-3-4-16-15(7-11)17(19(26)22(16)10(2)24)18(25)12-5-13(20)8-14(21)6-12/h3-8,25H,1-2H3. The summed E-state index contributed by atoms with van der Waals surface area (Å²) in [5.74, 6) is -1.75. The van der Waals surface area contributed by atoms with Crippen LogP contribution in [0.3, 0.4) is 0 Å². The van der Waals surface area contributed by atoms with Crippen LogP contribution in [0.5, 0.6) is 0 Å². The van der Waals surface area contributed by atoms with E-state index in [0.717, 1.165) is 4.90 Å². The zero-order valence-corrected chi connectivity index (χ0v) is 15.4. The van der Waals surface area contributed by atoms with Crippen LogP contribution < -0.4 is 4.90 Å². The van der Waals surface area contributed by atoms with Gasteiger partial charge in [0.05, 0.1) is 11.3 Å². The summed E-state index contributed by atoms with van der Waals surface area (Å²) < 4.78 is 0. The molecule has 0 aliphatic carbocycles. The Balaban J connectivity index is 2.31. The number of imide groups is 1. The lowest BCUT2D eigenvalue weighted by atomic mass is 9.99. The molecule has 0 saturated carbocycles. The first kappa shape index (κ1) is 18.2. The Hall–Kier alpha value is -2.63. The molecule has 1 aliphatic rings. The maximum Gasteiger partial charge on any atom is 0.269 e. The molecule has 2 aromatic rings. The van der Waals surface area contributed by atoms with Crippen LogP contribution in [0.25, 0.3) is 11.3 Å². The van der Waals surface area contributed by atoms with E-state index >= 15 is 0 Å². The van der Waals surface area contributed by atoms with Gasteiger partial charge in [-0.2, -0.15) is 0 Å². The Bertz CT molecular complexity index is 990. The van der Waals surface area contributed by atoms with E-state index in [1.807, 2.05) is 0 Å². The molecule has 5 nitrogen and oxygen atoms in total. The quantitative estimate of drug-likeness (QED) is 0.465. The third-order valence-electron chi connectivity index (χ3n) is 4.02. The molecular formula is C19H13Cl2NO4. The summed E-state index contributed by atoms with van der Waals surface area (Å²) in [6.07, 6.45) is 0. The number of carbonyl (C=O) groups is 3. The first-order chi connectivity index (χ1) is 12.2. The molecule has 1 heterocycles. The highest BCUT2D eigenvalue weighted by molar-refractivity contribution is 6.43. The molecule has 2 amide bonds. The number of nitrogens with zero attached hydrogens (tertiary/aromatic N) is 1. The van der Waals surface area contributed by atoms with Gasteiger partial charge in [-0.05, 0) is 43.3 Å². The number of ketones is 1. The van der Waals surface area contributed by atoms with Crippen LogP contribution in [0.1, 0.15) is 35.3 Å². The lowest BCUT2D eigenvalue weighted by Gasteiger charge is -2.12. The third-order valence-corrected chi connectivity index (χ3v) is 4.45. The molecule has 2 aromatic carbocycles. The summed E-state index contributed by atoms with van der Waals surface area (Å²) >= 11 is 11.9. The number of aliphatic hydroxyl groups excluding tert-OH is 1. The zero-order valence-electron chi connectivity index (χ0n) is 13.8. The van der Waals surface area contributed by atoms with Gasteiger partial charge < -0.3 is 5.11 Å². The van der Waals surface area contributed by atoms with Crippen LogP contribution in [0.2, 0.25) is 10.0 Å². The minimum Gasteiger partial charge on any atom is -0.506 e. The largest absolute Gasteiger partial charge is 0.506 e. The predicted molar refractivity (Wildman–Crippen MR) is 101 cm³/mol. The molecule has 26 heavy (non-hydrogen) atoms. The van der Waals surface area contributed by atoms with Gasteiger partial charge in [0.15, 0.2) is 5.78 Å². The molecule has 3 rings (SSSR count). The number of anilines is 1. The topological polar surface area (TPSA) is 74.7 Å². The van der Waals surface area contributed by atoms with E-state index in [2.05, 4.69) is 0 Å². The minimum absolute atomic E-state index is 0.0865. The fourth-order valence-electron chi connectivity index (χ4n) is 2.86. The highest BCUT2D eigenvalue weighted by Crippen LogP contribution is 2.41. The lowest BCUT2D eigenvalue weighted by molar-refractivity contribution is -0.122. The second-order valence-electron chi connectivity index (χ2n) is 5.83. The first-order valence-electron chi connectivity index (χ1n) is 7.60. The van der Waals surface area contributed by atoms with Crippen molar-refractivity contribution >= 4 is 57.8 Å². The van der Waals surface area contributed by atoms with Crippen LogP contribution in [-0.2, 0) is 9.59 Å². The fraction of sp³-hybridized carbons (Fsp3) is 0.105. The van der Waals surface area contributed by atoms with E-state index < -0.39 is 11.8 Å². The van der Waals surface area contributed by atoms with Gasteiger partial charge in [-0.3, -0.25) is 14.4 Å². The van der Waals surface area contributed by atoms with Gasteiger partial charge in [0.2, 0.25) is 5.91 Å². The Kier molecular flexibility index (Phi) is 4.61. The smallest absolute Gasteiger partial charge is 0.269 e. The van der Waals surface area contributed by atoms with Crippen molar-refractivity contribution in [3.8, 4) is 0 Å². The number of hydrogen-bond acceptors (Lipinski definition) is 4. The van der Waals surface area contributed by atoms with Crippen LogP contribution >= 0.6 is 23.2 Å². The van der Waals surface area contributed by atoms with E-state index in [4.69, 9.17) is 23.2 Å². The van der Waals surface area contributed by atoms with Crippen molar-refractivity contribution in [2.75, 3.05) is 4.90 Å². The molecule has 0 unspecified atom stereocenters. The molecule has 1 N–H and O–H groups in total. The average molecular weight is 390 g/mol. The van der Waals surface area contributed by atoms with Gasteiger partial charge in [-0.1, -0.05) is 23.2 Å². The predicted octanol–water partition coefficient (Wildman–Crippen LogP) is 4.52. The average Bonchev–Trinajstić information content (AvgIpc) is 2.84. The maximum absolute atomic E-state index is 12.8. The molecular weight excluding hydrogens is 377 g/mol. The van der Waals surface area contributed by atoms with Crippen LogP contribution in [-0.4, -0.2) is 22.7 Å². The van der Waals surface area contributed by atoms with Gasteiger partial charge in [0.1, 0.15) is 5.76 Å². The van der Waals surface area contributed by atoms with Crippen molar-refractivity contribution in [1.29, 1.82) is 0 Å². The van der Waals surface area contributed by atoms with Crippen molar-refractivity contribution in [2.24, 2.45) is 0 Å². The fourth-order valence-corrected chi connectivity index (χ4v) is 3.39. The molecule has 0 bridgehead atoms. The number of amides is 2. The molecule has 0 radical (unpaired) electrons. The van der Waals surface area contributed by atoms with Gasteiger partial charge in [-0.15, -0.1) is 0 Å². The van der Waals surface area contributed by atoms with E-state index in [-0.39, 0.29) is 32.7 Å². The maximum atomic E-state index is 12.8. The second-order valence-corrected chi connectivity index (χ2v) is 6.70. The highest BCUT2D eigenvalue weighted by atomic mass is 35.5. The number of Topliss-reactive ketones (excluding diaryl/α,β-unsaturated/α-hetero) is 1. The molecule has 0 atom stereocenters. The Morgan fingerprint density at radius 1 is 0.962 bits per heavy atom. The van der Waals surface area contributed by atoms with Crippen molar-refractivity contribution < 1.29 is 19.5 Å². The van der Waals surface area contributed by atoms with Crippen LogP contribution in [0, 0.1) is 0 Å². The van der Waals surface area contributed by atoms with Crippen molar-refractivity contribution in [3.63, 3.8) is 0 Å². The Morgan fingerprint density at radius 3 is 2.12 bits per heavy atom. The third kappa shape index (κ3) is 3.00. The molecule has 0 saturated heterocycles. The molecule has 0 spiro atoms. The van der Waals surface area contributed by atoms with Gasteiger partial charge in [0.25, 0.3) is 5.91 Å². The Labute approximate surface area is 159 Å². The van der Waals surface area contributed by atoms with Crippen molar-refractivity contribution in [2.45, 2.75) is 13.8 Å². The highest BCUT2D eigenvalue weighted by Gasteiger charge is 2.38. The molecule has 7 heteroatoms. The number of hydrogen-bond donors (Lipinski definition) is 1. The number of rotatable bonds is 2. The van der Waals surface area contributed by atoms with Crippen molar-refractivity contribution in [1.82, 2.24) is 0 Å². The second kappa shape index (κ2) is 6.59. The number of carbonyl (C=O) groups excluding carboxylic acids is 3. The molecule has 1 aliphatic heterocycles.